The number of aliphatic hydroxyl groups is 1. The maximum atomic E-state index is 11.3. The van der Waals surface area contributed by atoms with E-state index in [0.717, 1.165) is 24.5 Å². The summed E-state index contributed by atoms with van der Waals surface area (Å²) in [6, 6.07) is 1.70. The molecule has 0 aromatic carbocycles. The summed E-state index contributed by atoms with van der Waals surface area (Å²) in [5.41, 5.74) is 3.28. The Labute approximate surface area is 204 Å². The van der Waals surface area contributed by atoms with E-state index in [1.807, 2.05) is 0 Å². The van der Waals surface area contributed by atoms with Gasteiger partial charge in [-0.2, -0.15) is 0 Å². The zero-order chi connectivity index (χ0) is 24.3. The van der Waals surface area contributed by atoms with Crippen molar-refractivity contribution in [2.45, 2.75) is 98.5 Å². The van der Waals surface area contributed by atoms with E-state index in [1.165, 1.54) is 51.2 Å². The average Bonchev–Trinajstić information content (AvgIpc) is 3.03. The number of allylic oxidation sites excluding steroid dienone is 2. The molecule has 0 radical (unpaired) electrons. The molecule has 186 valence electrons. The van der Waals surface area contributed by atoms with Gasteiger partial charge in [-0.15, -0.1) is 0 Å². The molecule has 4 heteroatoms. The Hall–Kier alpha value is -1.55. The third kappa shape index (κ3) is 2.62. The second-order valence-corrected chi connectivity index (χ2v) is 13.9. The minimum atomic E-state index is -0.921. The van der Waals surface area contributed by atoms with Gasteiger partial charge in [-0.05, 0) is 102 Å². The Morgan fingerprint density at radius 2 is 1.82 bits per heavy atom. The van der Waals surface area contributed by atoms with Crippen LogP contribution in [0, 0.1) is 44.8 Å². The van der Waals surface area contributed by atoms with Crippen LogP contribution in [-0.2, 0) is 6.42 Å². The van der Waals surface area contributed by atoms with Gasteiger partial charge in [0.05, 0.1) is 11.7 Å². The Morgan fingerprint density at radius 1 is 1.09 bits per heavy atom. The molecule has 0 aliphatic heterocycles. The first-order valence-corrected chi connectivity index (χ1v) is 13.6. The van der Waals surface area contributed by atoms with Crippen molar-refractivity contribution in [3.63, 3.8) is 0 Å². The van der Waals surface area contributed by atoms with E-state index in [2.05, 4.69) is 40.7 Å². The Bertz CT molecular complexity index is 1070. The lowest BCUT2D eigenvalue weighted by Gasteiger charge is -2.58. The first-order chi connectivity index (χ1) is 15.9. The van der Waals surface area contributed by atoms with Crippen LogP contribution in [0.5, 0.6) is 0 Å². The molecule has 0 bridgehead atoms. The van der Waals surface area contributed by atoms with Crippen molar-refractivity contribution in [2.75, 3.05) is 0 Å². The molecule has 1 aromatic heterocycles. The third-order valence-electron chi connectivity index (χ3n) is 12.5. The van der Waals surface area contributed by atoms with Gasteiger partial charge in [-0.3, -0.25) is 0 Å². The van der Waals surface area contributed by atoms with Crippen LogP contribution < -0.4 is 0 Å². The van der Waals surface area contributed by atoms with E-state index < -0.39 is 5.97 Å². The zero-order valence-electron chi connectivity index (χ0n) is 21.6. The summed E-state index contributed by atoms with van der Waals surface area (Å²) in [6.45, 7) is 12.0. The SMILES string of the molecule is C[C@H](Cc1cc(C(=O)O)co1)[C@]1(C)CC[C@]2(C)C1=CC[C@@]13C[C@@]14CC[C@@H](O)C(C)(C)[C@@H]4CC[C@H]32. The predicted molar refractivity (Wildman–Crippen MR) is 131 cm³/mol. The number of furan rings is 1. The Morgan fingerprint density at radius 3 is 2.53 bits per heavy atom. The maximum Gasteiger partial charge on any atom is 0.338 e. The summed E-state index contributed by atoms with van der Waals surface area (Å²) in [5, 5.41) is 20.1. The van der Waals surface area contributed by atoms with Crippen LogP contribution in [-0.4, -0.2) is 22.3 Å². The molecular weight excluding hydrogens is 424 g/mol. The fraction of sp³-hybridized carbons (Fsp3) is 0.767. The highest BCUT2D eigenvalue weighted by Gasteiger charge is 2.80. The lowest BCUT2D eigenvalue weighted by atomic mass is 9.46. The first kappa shape index (κ1) is 22.9. The number of carboxylic acids is 1. The molecule has 4 saturated carbocycles. The summed E-state index contributed by atoms with van der Waals surface area (Å²) in [7, 11) is 0. The Kier molecular flexibility index (Phi) is 4.58. The topological polar surface area (TPSA) is 70.7 Å². The molecule has 0 amide bonds. The minimum Gasteiger partial charge on any atom is -0.478 e. The molecule has 5 aliphatic rings. The molecule has 0 unspecified atom stereocenters. The van der Waals surface area contributed by atoms with Crippen molar-refractivity contribution < 1.29 is 19.4 Å². The fourth-order valence-corrected chi connectivity index (χ4v) is 10.5. The highest BCUT2D eigenvalue weighted by atomic mass is 16.4. The molecule has 2 N–H and O–H groups in total. The summed E-state index contributed by atoms with van der Waals surface area (Å²) < 4.78 is 5.64. The molecular formula is C30H42O4. The van der Waals surface area contributed by atoms with E-state index in [1.54, 1.807) is 11.6 Å². The van der Waals surface area contributed by atoms with Crippen molar-refractivity contribution in [2.24, 2.45) is 44.8 Å². The largest absolute Gasteiger partial charge is 0.478 e. The molecule has 6 rings (SSSR count). The average molecular weight is 467 g/mol. The summed E-state index contributed by atoms with van der Waals surface area (Å²) in [6.07, 6.45) is 14.5. The van der Waals surface area contributed by atoms with Gasteiger partial charge in [0.25, 0.3) is 0 Å². The number of aromatic carboxylic acids is 1. The molecule has 4 fully saturated rings. The molecule has 8 atom stereocenters. The van der Waals surface area contributed by atoms with Crippen molar-refractivity contribution >= 4 is 5.97 Å². The number of hydrogen-bond acceptors (Lipinski definition) is 3. The highest BCUT2D eigenvalue weighted by Crippen LogP contribution is 2.87. The van der Waals surface area contributed by atoms with Gasteiger partial charge >= 0.3 is 5.97 Å². The lowest BCUT2D eigenvalue weighted by Crippen LogP contribution is -2.53. The number of carboxylic acid groups (broad SMARTS) is 1. The van der Waals surface area contributed by atoms with Crippen molar-refractivity contribution in [1.29, 1.82) is 0 Å². The number of hydrogen-bond donors (Lipinski definition) is 2. The van der Waals surface area contributed by atoms with Crippen molar-refractivity contribution in [3.8, 4) is 0 Å². The van der Waals surface area contributed by atoms with Gasteiger partial charge in [0, 0.05) is 6.42 Å². The van der Waals surface area contributed by atoms with Crippen LogP contribution in [0.25, 0.3) is 0 Å². The van der Waals surface area contributed by atoms with E-state index in [9.17, 15) is 15.0 Å². The number of fused-ring (bicyclic) bond motifs is 2. The summed E-state index contributed by atoms with van der Waals surface area (Å²) in [5.74, 6) is 1.69. The normalized spacial score (nSPS) is 47.0. The van der Waals surface area contributed by atoms with Gasteiger partial charge in [0.15, 0.2) is 0 Å². The van der Waals surface area contributed by atoms with Crippen LogP contribution in [0.1, 0.15) is 102 Å². The second kappa shape index (κ2) is 6.81. The molecule has 2 spiro atoms. The van der Waals surface area contributed by atoms with Crippen LogP contribution in [0.3, 0.4) is 0 Å². The van der Waals surface area contributed by atoms with E-state index >= 15 is 0 Å². The highest BCUT2D eigenvalue weighted by molar-refractivity contribution is 5.87. The van der Waals surface area contributed by atoms with E-state index in [-0.39, 0.29) is 27.9 Å². The van der Waals surface area contributed by atoms with Crippen LogP contribution in [0.15, 0.2) is 28.4 Å². The Balaban J connectivity index is 1.30. The number of rotatable bonds is 4. The van der Waals surface area contributed by atoms with Crippen LogP contribution in [0.4, 0.5) is 0 Å². The second-order valence-electron chi connectivity index (χ2n) is 13.9. The van der Waals surface area contributed by atoms with Gasteiger partial charge in [-0.25, -0.2) is 4.79 Å². The zero-order valence-corrected chi connectivity index (χ0v) is 21.6. The van der Waals surface area contributed by atoms with Gasteiger partial charge in [-0.1, -0.05) is 46.3 Å². The number of aliphatic hydroxyl groups excluding tert-OH is 1. The molecule has 1 aromatic rings. The standard InChI is InChI=1S/C30H42O4/c1-18(14-20-15-19(16-34-20)25(32)33)27(4)12-13-28(5)22(27)8-10-30-17-29(30)11-9-24(31)26(2,3)21(29)6-7-23(28)30/h8,15-16,18,21,23-24,31H,6-7,9-14,17H2,1-5H3,(H,32,33)/t18-,21+,23+,24-,27+,28-,29-,30+/m1/s1. The van der Waals surface area contributed by atoms with Crippen molar-refractivity contribution in [3.05, 3.63) is 35.3 Å². The number of carbonyl (C=O) groups is 1. The first-order valence-electron chi connectivity index (χ1n) is 13.6. The van der Waals surface area contributed by atoms with Crippen LogP contribution in [0.2, 0.25) is 0 Å². The smallest absolute Gasteiger partial charge is 0.338 e. The fourth-order valence-electron chi connectivity index (χ4n) is 10.5. The summed E-state index contributed by atoms with van der Waals surface area (Å²) >= 11 is 0. The summed E-state index contributed by atoms with van der Waals surface area (Å²) in [4.78, 5) is 11.3. The molecule has 1 heterocycles. The predicted octanol–water partition coefficient (Wildman–Crippen LogP) is 6.88. The molecule has 34 heavy (non-hydrogen) atoms. The van der Waals surface area contributed by atoms with Crippen LogP contribution >= 0.6 is 0 Å². The van der Waals surface area contributed by atoms with E-state index in [4.69, 9.17) is 4.42 Å². The quantitative estimate of drug-likeness (QED) is 0.475. The molecule has 5 aliphatic carbocycles. The third-order valence-corrected chi connectivity index (χ3v) is 12.5. The molecule has 4 nitrogen and oxygen atoms in total. The van der Waals surface area contributed by atoms with E-state index in [0.29, 0.717) is 22.7 Å². The van der Waals surface area contributed by atoms with Gasteiger partial charge in [0.2, 0.25) is 0 Å². The van der Waals surface area contributed by atoms with Gasteiger partial charge in [0.1, 0.15) is 12.0 Å². The van der Waals surface area contributed by atoms with Crippen molar-refractivity contribution in [1.82, 2.24) is 0 Å². The minimum absolute atomic E-state index is 0.0359. The monoisotopic (exact) mass is 466 g/mol. The lowest BCUT2D eigenvalue weighted by molar-refractivity contribution is -0.116. The molecule has 0 saturated heterocycles. The maximum absolute atomic E-state index is 11.3. The van der Waals surface area contributed by atoms with Gasteiger partial charge < -0.3 is 14.6 Å².